The average Bonchev–Trinajstić information content (AvgIpc) is 3.02. The van der Waals surface area contributed by atoms with Crippen LogP contribution in [0.3, 0.4) is 0 Å². The Morgan fingerprint density at radius 1 is 1.09 bits per heavy atom. The number of H-pyrrole nitrogens is 2. The third-order valence-electron chi connectivity index (χ3n) is 4.30. The van der Waals surface area contributed by atoms with Gasteiger partial charge in [0.05, 0.1) is 11.7 Å². The molecule has 3 aromatic rings. The van der Waals surface area contributed by atoms with Crippen LogP contribution in [0.15, 0.2) is 41.3 Å². The molecule has 0 aliphatic carbocycles. The predicted molar refractivity (Wildman–Crippen MR) is 84.9 cm³/mol. The summed E-state index contributed by atoms with van der Waals surface area (Å²) in [4.78, 5) is 15.0. The van der Waals surface area contributed by atoms with Crippen molar-refractivity contribution in [2.24, 2.45) is 0 Å². The van der Waals surface area contributed by atoms with Crippen LogP contribution >= 0.6 is 0 Å². The molecule has 0 atom stereocenters. The molecule has 0 bridgehead atoms. The van der Waals surface area contributed by atoms with E-state index >= 15 is 0 Å². The van der Waals surface area contributed by atoms with Crippen molar-refractivity contribution in [1.82, 2.24) is 15.2 Å². The van der Waals surface area contributed by atoms with E-state index in [1.54, 1.807) is 12.3 Å². The molecule has 1 aliphatic heterocycles. The molecule has 1 fully saturated rings. The normalized spacial score (nSPS) is 16.2. The van der Waals surface area contributed by atoms with Crippen molar-refractivity contribution >= 4 is 10.9 Å². The first-order valence-corrected chi connectivity index (χ1v) is 7.55. The quantitative estimate of drug-likeness (QED) is 0.763. The van der Waals surface area contributed by atoms with Gasteiger partial charge in [0.25, 0.3) is 0 Å². The van der Waals surface area contributed by atoms with Gasteiger partial charge < -0.3 is 9.72 Å². The number of nitrogens with zero attached hydrogens (tertiary/aromatic N) is 1. The minimum Gasteiger partial charge on any atom is -0.381 e. The lowest BCUT2D eigenvalue weighted by molar-refractivity contribution is 0.0845. The van der Waals surface area contributed by atoms with E-state index in [9.17, 15) is 4.79 Å². The van der Waals surface area contributed by atoms with Gasteiger partial charge in [-0.3, -0.25) is 9.89 Å². The van der Waals surface area contributed by atoms with E-state index in [4.69, 9.17) is 4.74 Å². The Morgan fingerprint density at radius 3 is 2.82 bits per heavy atom. The number of ether oxygens (including phenoxy) is 1. The fraction of sp³-hybridized carbons (Fsp3) is 0.294. The van der Waals surface area contributed by atoms with Gasteiger partial charge in [-0.1, -0.05) is 6.07 Å². The number of nitrogens with one attached hydrogen (secondary N) is 2. The van der Waals surface area contributed by atoms with E-state index in [2.05, 4.69) is 27.3 Å². The van der Waals surface area contributed by atoms with Crippen molar-refractivity contribution in [3.05, 3.63) is 52.6 Å². The maximum absolute atomic E-state index is 12.0. The summed E-state index contributed by atoms with van der Waals surface area (Å²) in [5, 5.41) is 8.03. The van der Waals surface area contributed by atoms with Gasteiger partial charge in [0, 0.05) is 36.3 Å². The van der Waals surface area contributed by atoms with Crippen molar-refractivity contribution in [2.75, 3.05) is 13.2 Å². The summed E-state index contributed by atoms with van der Waals surface area (Å²) in [6, 6.07) is 9.82. The molecule has 22 heavy (non-hydrogen) atoms. The molecule has 0 spiro atoms. The Morgan fingerprint density at radius 2 is 1.95 bits per heavy atom. The molecule has 2 N–H and O–H groups in total. The Balaban J connectivity index is 1.77. The Bertz CT molecular complexity index is 859. The number of hydrogen-bond acceptors (Lipinski definition) is 3. The Hall–Kier alpha value is -2.40. The van der Waals surface area contributed by atoms with E-state index in [0.717, 1.165) is 53.8 Å². The highest BCUT2D eigenvalue weighted by Crippen LogP contribution is 2.28. The van der Waals surface area contributed by atoms with Crippen LogP contribution in [0.25, 0.3) is 22.0 Å². The van der Waals surface area contributed by atoms with Crippen LogP contribution in [0.2, 0.25) is 0 Å². The molecule has 2 aromatic heterocycles. The highest BCUT2D eigenvalue weighted by molar-refractivity contribution is 5.83. The van der Waals surface area contributed by atoms with E-state index in [1.807, 2.05) is 12.1 Å². The standard InChI is InChI=1S/C17H17N3O2/c21-17-9-13(8-16(19-17)11-3-5-22-6-4-11)12-1-2-15-14(7-12)10-18-20-15/h1-2,7-11H,3-6H2,(H,18,20)(H,19,21). The summed E-state index contributed by atoms with van der Waals surface area (Å²) in [7, 11) is 0. The molecule has 0 saturated carbocycles. The summed E-state index contributed by atoms with van der Waals surface area (Å²) in [5.74, 6) is 0.374. The van der Waals surface area contributed by atoms with Crippen LogP contribution in [-0.2, 0) is 4.74 Å². The lowest BCUT2D eigenvalue weighted by Gasteiger charge is -2.22. The van der Waals surface area contributed by atoms with Crippen molar-refractivity contribution in [3.63, 3.8) is 0 Å². The van der Waals surface area contributed by atoms with Gasteiger partial charge in [0.15, 0.2) is 0 Å². The second-order valence-corrected chi connectivity index (χ2v) is 5.75. The minimum atomic E-state index is -0.0497. The van der Waals surface area contributed by atoms with Gasteiger partial charge in [0.1, 0.15) is 0 Å². The maximum Gasteiger partial charge on any atom is 0.248 e. The van der Waals surface area contributed by atoms with Crippen LogP contribution < -0.4 is 5.56 Å². The first kappa shape index (κ1) is 13.3. The van der Waals surface area contributed by atoms with E-state index in [1.165, 1.54) is 0 Å². The van der Waals surface area contributed by atoms with Crippen molar-refractivity contribution < 1.29 is 4.74 Å². The summed E-state index contributed by atoms with van der Waals surface area (Å²) < 4.78 is 5.40. The molecular formula is C17H17N3O2. The van der Waals surface area contributed by atoms with E-state index in [0.29, 0.717) is 5.92 Å². The highest BCUT2D eigenvalue weighted by Gasteiger charge is 2.17. The predicted octanol–water partition coefficient (Wildman–Crippen LogP) is 2.81. The van der Waals surface area contributed by atoms with Gasteiger partial charge in [-0.25, -0.2) is 0 Å². The molecule has 0 amide bonds. The number of hydrogen-bond donors (Lipinski definition) is 2. The maximum atomic E-state index is 12.0. The first-order chi connectivity index (χ1) is 10.8. The van der Waals surface area contributed by atoms with Crippen LogP contribution in [0.5, 0.6) is 0 Å². The lowest BCUT2D eigenvalue weighted by Crippen LogP contribution is -2.18. The Labute approximate surface area is 127 Å². The number of rotatable bonds is 2. The van der Waals surface area contributed by atoms with Crippen molar-refractivity contribution in [3.8, 4) is 11.1 Å². The molecule has 1 saturated heterocycles. The third-order valence-corrected chi connectivity index (χ3v) is 4.30. The third kappa shape index (κ3) is 2.44. The largest absolute Gasteiger partial charge is 0.381 e. The van der Waals surface area contributed by atoms with Crippen molar-refractivity contribution in [2.45, 2.75) is 18.8 Å². The summed E-state index contributed by atoms with van der Waals surface area (Å²) in [6.07, 6.45) is 3.71. The fourth-order valence-electron chi connectivity index (χ4n) is 3.08. The smallest absolute Gasteiger partial charge is 0.248 e. The Kier molecular flexibility index (Phi) is 3.27. The zero-order valence-electron chi connectivity index (χ0n) is 12.1. The molecule has 5 nitrogen and oxygen atoms in total. The molecule has 5 heteroatoms. The number of pyridine rings is 1. The zero-order chi connectivity index (χ0) is 14.9. The van der Waals surface area contributed by atoms with Gasteiger partial charge in [-0.2, -0.15) is 5.10 Å². The van der Waals surface area contributed by atoms with Crippen molar-refractivity contribution in [1.29, 1.82) is 0 Å². The molecule has 1 aliphatic rings. The van der Waals surface area contributed by atoms with Crippen LogP contribution in [0.4, 0.5) is 0 Å². The van der Waals surface area contributed by atoms with Gasteiger partial charge in [-0.05, 0) is 42.2 Å². The van der Waals surface area contributed by atoms with E-state index < -0.39 is 0 Å². The summed E-state index contributed by atoms with van der Waals surface area (Å²) >= 11 is 0. The monoisotopic (exact) mass is 295 g/mol. The molecule has 3 heterocycles. The number of benzene rings is 1. The zero-order valence-corrected chi connectivity index (χ0v) is 12.1. The number of aromatic nitrogens is 3. The topological polar surface area (TPSA) is 70.8 Å². The SMILES string of the molecule is O=c1cc(-c2ccc3[nH]ncc3c2)cc(C2CCOCC2)[nH]1. The second kappa shape index (κ2) is 5.42. The van der Waals surface area contributed by atoms with Gasteiger partial charge in [0.2, 0.25) is 5.56 Å². The second-order valence-electron chi connectivity index (χ2n) is 5.75. The molecular weight excluding hydrogens is 278 g/mol. The van der Waals surface area contributed by atoms with E-state index in [-0.39, 0.29) is 5.56 Å². The summed E-state index contributed by atoms with van der Waals surface area (Å²) in [6.45, 7) is 1.52. The van der Waals surface area contributed by atoms with Crippen LogP contribution in [0.1, 0.15) is 24.5 Å². The fourth-order valence-corrected chi connectivity index (χ4v) is 3.08. The van der Waals surface area contributed by atoms with Gasteiger partial charge in [-0.15, -0.1) is 0 Å². The summed E-state index contributed by atoms with van der Waals surface area (Å²) in [5.41, 5.74) is 3.95. The van der Waals surface area contributed by atoms with Crippen LogP contribution in [0, 0.1) is 0 Å². The number of aromatic amines is 2. The molecule has 112 valence electrons. The van der Waals surface area contributed by atoms with Gasteiger partial charge >= 0.3 is 0 Å². The highest BCUT2D eigenvalue weighted by atomic mass is 16.5. The van der Waals surface area contributed by atoms with Crippen LogP contribution in [-0.4, -0.2) is 28.4 Å². The molecule has 1 aromatic carbocycles. The molecule has 4 rings (SSSR count). The number of fused-ring (bicyclic) bond motifs is 1. The molecule has 0 unspecified atom stereocenters. The first-order valence-electron chi connectivity index (χ1n) is 7.55. The lowest BCUT2D eigenvalue weighted by atomic mass is 9.94. The molecule has 0 radical (unpaired) electrons. The average molecular weight is 295 g/mol. The minimum absolute atomic E-state index is 0.0497.